The monoisotopic (exact) mass is 370 g/mol. The molecule has 1 aliphatic rings. The molecule has 0 radical (unpaired) electrons. The maximum Gasteiger partial charge on any atom is 0.292 e. The molecule has 0 aromatic heterocycles. The topological polar surface area (TPSA) is 144 Å². The van der Waals surface area contributed by atoms with Gasteiger partial charge >= 0.3 is 0 Å². The molecule has 0 saturated heterocycles. The number of amides is 2. The number of nitro groups is 1. The van der Waals surface area contributed by atoms with Crippen LogP contribution in [0.5, 0.6) is 0 Å². The van der Waals surface area contributed by atoms with Crippen LogP contribution >= 0.6 is 0 Å². The zero-order chi connectivity index (χ0) is 18.9. The highest BCUT2D eigenvalue weighted by atomic mass is 32.2. The highest BCUT2D eigenvalue weighted by molar-refractivity contribution is 7.90. The van der Waals surface area contributed by atoms with E-state index in [-0.39, 0.29) is 42.2 Å². The van der Waals surface area contributed by atoms with E-state index < -0.39 is 32.3 Å². The fourth-order valence-corrected chi connectivity index (χ4v) is 3.05. The van der Waals surface area contributed by atoms with E-state index in [1.807, 2.05) is 0 Å². The van der Waals surface area contributed by atoms with Gasteiger partial charge in [-0.25, -0.2) is 8.42 Å². The zero-order valence-electron chi connectivity index (χ0n) is 13.8. The number of carbonyl (C=O) groups excluding carboxylic acids is 2. The number of hydrogen-bond acceptors (Lipinski definition) is 8. The number of sulfone groups is 1. The fraction of sp³-hybridized carbons (Fsp3) is 0.429. The molecule has 10 nitrogen and oxygen atoms in total. The van der Waals surface area contributed by atoms with E-state index in [4.69, 9.17) is 5.73 Å². The number of anilines is 1. The first-order valence-corrected chi connectivity index (χ1v) is 9.37. The third-order valence-corrected chi connectivity index (χ3v) is 4.79. The molecule has 0 unspecified atom stereocenters. The number of likely N-dealkylation sites (N-methyl/N-ethyl adjacent to an activating group) is 1. The molecule has 0 atom stereocenters. The van der Waals surface area contributed by atoms with Crippen LogP contribution in [0, 0.1) is 10.1 Å². The Bertz CT molecular complexity index is 851. The predicted octanol–water partition coefficient (Wildman–Crippen LogP) is -0.251. The summed E-state index contributed by atoms with van der Waals surface area (Å²) in [6.45, 7) is 0.583. The molecule has 11 heteroatoms. The van der Waals surface area contributed by atoms with Gasteiger partial charge in [0.1, 0.15) is 15.5 Å². The summed E-state index contributed by atoms with van der Waals surface area (Å²) < 4.78 is 22.3. The van der Waals surface area contributed by atoms with Gasteiger partial charge in [0.15, 0.2) is 0 Å². The minimum Gasteiger partial charge on any atom is -0.393 e. The lowest BCUT2D eigenvalue weighted by Gasteiger charge is -2.20. The number of imide groups is 1. The number of hydrogen-bond donors (Lipinski definition) is 1. The summed E-state index contributed by atoms with van der Waals surface area (Å²) in [5.41, 5.74) is 4.94. The van der Waals surface area contributed by atoms with Crippen molar-refractivity contribution in [1.29, 1.82) is 0 Å². The van der Waals surface area contributed by atoms with Crippen molar-refractivity contribution in [2.45, 2.75) is 0 Å². The molecule has 0 aliphatic carbocycles. The lowest BCUT2D eigenvalue weighted by Crippen LogP contribution is -2.38. The number of fused-ring (bicyclic) bond motifs is 1. The molecule has 25 heavy (non-hydrogen) atoms. The Morgan fingerprint density at radius 1 is 1.20 bits per heavy atom. The Morgan fingerprint density at radius 2 is 1.76 bits per heavy atom. The van der Waals surface area contributed by atoms with Crippen LogP contribution in [-0.4, -0.2) is 73.6 Å². The van der Waals surface area contributed by atoms with Crippen molar-refractivity contribution < 1.29 is 22.9 Å². The van der Waals surface area contributed by atoms with E-state index in [1.54, 1.807) is 11.9 Å². The van der Waals surface area contributed by atoms with E-state index in [2.05, 4.69) is 0 Å². The Balaban J connectivity index is 2.11. The first kappa shape index (κ1) is 18.8. The summed E-state index contributed by atoms with van der Waals surface area (Å²) in [7, 11) is -1.43. The minimum absolute atomic E-state index is 0.0334. The van der Waals surface area contributed by atoms with Crippen molar-refractivity contribution >= 4 is 33.0 Å². The smallest absolute Gasteiger partial charge is 0.292 e. The number of nitrogens with zero attached hydrogens (tertiary/aromatic N) is 3. The second kappa shape index (κ2) is 6.76. The number of nitrogens with two attached hydrogens (primary N) is 1. The lowest BCUT2D eigenvalue weighted by atomic mass is 10.1. The van der Waals surface area contributed by atoms with Gasteiger partial charge in [-0.3, -0.25) is 24.6 Å². The predicted molar refractivity (Wildman–Crippen MR) is 90.1 cm³/mol. The maximum absolute atomic E-state index is 12.4. The van der Waals surface area contributed by atoms with Crippen LogP contribution in [0.1, 0.15) is 20.7 Å². The second-order valence-corrected chi connectivity index (χ2v) is 8.17. The summed E-state index contributed by atoms with van der Waals surface area (Å²) in [4.78, 5) is 37.6. The molecule has 1 aromatic carbocycles. The molecular weight excluding hydrogens is 352 g/mol. The summed E-state index contributed by atoms with van der Waals surface area (Å²) in [5, 5.41) is 10.9. The van der Waals surface area contributed by atoms with Gasteiger partial charge in [-0.15, -0.1) is 0 Å². The molecule has 0 fully saturated rings. The van der Waals surface area contributed by atoms with E-state index in [0.29, 0.717) is 0 Å². The van der Waals surface area contributed by atoms with Crippen LogP contribution in [0.15, 0.2) is 12.1 Å². The average molecular weight is 370 g/mol. The van der Waals surface area contributed by atoms with Gasteiger partial charge < -0.3 is 10.6 Å². The molecule has 0 saturated carbocycles. The number of nitro benzene ring substituents is 1. The third-order valence-electron chi connectivity index (χ3n) is 3.86. The molecule has 2 amide bonds. The molecule has 1 heterocycles. The second-order valence-electron chi connectivity index (χ2n) is 5.91. The van der Waals surface area contributed by atoms with Crippen LogP contribution in [0.2, 0.25) is 0 Å². The van der Waals surface area contributed by atoms with Crippen LogP contribution in [0.4, 0.5) is 11.4 Å². The highest BCUT2D eigenvalue weighted by Crippen LogP contribution is 2.31. The van der Waals surface area contributed by atoms with Gasteiger partial charge in [0.05, 0.1) is 21.8 Å². The Hall–Kier alpha value is -2.53. The standard InChI is InChI=1S/C14H18N4O6S/c1-16(5-6-25(2,23)24)3-4-17-13(19)9-7-11(15)12(18(21)22)8-10(9)14(17)20/h7-8H,3-6,15H2,1-2H3. The van der Waals surface area contributed by atoms with Crippen LogP contribution in [0.25, 0.3) is 0 Å². The van der Waals surface area contributed by atoms with Crippen molar-refractivity contribution in [2.24, 2.45) is 0 Å². The first-order valence-electron chi connectivity index (χ1n) is 7.31. The van der Waals surface area contributed by atoms with Gasteiger partial charge in [0.25, 0.3) is 17.5 Å². The number of benzene rings is 1. The average Bonchev–Trinajstić information content (AvgIpc) is 2.72. The van der Waals surface area contributed by atoms with E-state index >= 15 is 0 Å². The Kier molecular flexibility index (Phi) is 5.09. The summed E-state index contributed by atoms with van der Waals surface area (Å²) in [6.07, 6.45) is 1.13. The molecule has 136 valence electrons. The van der Waals surface area contributed by atoms with Crippen molar-refractivity contribution in [1.82, 2.24) is 9.80 Å². The molecule has 2 rings (SSSR count). The van der Waals surface area contributed by atoms with Gasteiger partial charge in [-0.2, -0.15) is 0 Å². The molecule has 2 N–H and O–H groups in total. The molecular formula is C14H18N4O6S. The normalized spacial score (nSPS) is 14.3. The van der Waals surface area contributed by atoms with Crippen molar-refractivity contribution in [3.8, 4) is 0 Å². The van der Waals surface area contributed by atoms with Gasteiger partial charge in [-0.05, 0) is 13.1 Å². The van der Waals surface area contributed by atoms with Crippen LogP contribution in [-0.2, 0) is 9.84 Å². The van der Waals surface area contributed by atoms with E-state index in [9.17, 15) is 28.1 Å². The Morgan fingerprint density at radius 3 is 2.28 bits per heavy atom. The quantitative estimate of drug-likeness (QED) is 0.299. The summed E-state index contributed by atoms with van der Waals surface area (Å²) in [6, 6.07) is 2.15. The molecule has 1 aromatic rings. The van der Waals surface area contributed by atoms with Crippen molar-refractivity contribution in [3.05, 3.63) is 33.4 Å². The lowest BCUT2D eigenvalue weighted by molar-refractivity contribution is -0.383. The molecule has 0 bridgehead atoms. The third kappa shape index (κ3) is 4.12. The number of carbonyl (C=O) groups is 2. The summed E-state index contributed by atoms with van der Waals surface area (Å²) >= 11 is 0. The highest BCUT2D eigenvalue weighted by Gasteiger charge is 2.37. The van der Waals surface area contributed by atoms with Crippen molar-refractivity contribution in [3.63, 3.8) is 0 Å². The Labute approximate surface area is 144 Å². The van der Waals surface area contributed by atoms with E-state index in [0.717, 1.165) is 23.3 Å². The molecule has 1 aliphatic heterocycles. The SMILES string of the molecule is CN(CCN1C(=O)c2cc(N)c([N+](=O)[O-])cc2C1=O)CCS(C)(=O)=O. The summed E-state index contributed by atoms with van der Waals surface area (Å²) in [5.74, 6) is -1.23. The van der Waals surface area contributed by atoms with Gasteiger partial charge in [0, 0.05) is 32.0 Å². The van der Waals surface area contributed by atoms with Gasteiger partial charge in [0.2, 0.25) is 0 Å². The van der Waals surface area contributed by atoms with Crippen LogP contribution in [0.3, 0.4) is 0 Å². The molecule has 0 spiro atoms. The van der Waals surface area contributed by atoms with Crippen LogP contribution < -0.4 is 5.73 Å². The van der Waals surface area contributed by atoms with Crippen molar-refractivity contribution in [2.75, 3.05) is 44.4 Å². The first-order chi connectivity index (χ1) is 11.5. The number of rotatable bonds is 7. The van der Waals surface area contributed by atoms with E-state index in [1.165, 1.54) is 0 Å². The minimum atomic E-state index is -3.11. The van der Waals surface area contributed by atoms with Gasteiger partial charge in [-0.1, -0.05) is 0 Å². The largest absolute Gasteiger partial charge is 0.393 e. The maximum atomic E-state index is 12.4. The fourth-order valence-electron chi connectivity index (χ4n) is 2.41. The zero-order valence-corrected chi connectivity index (χ0v) is 14.6. The number of nitrogen functional groups attached to an aromatic ring is 1.